The molecule has 5 heteroatoms. The molecule has 0 bridgehead atoms. The Bertz CT molecular complexity index is 383. The average Bonchev–Trinajstić information content (AvgIpc) is 3.03. The van der Waals surface area contributed by atoms with E-state index in [1.807, 2.05) is 13.0 Å². The lowest BCUT2D eigenvalue weighted by Gasteiger charge is -2.13. The molecule has 1 aliphatic rings. The smallest absolute Gasteiger partial charge is 0.138 e. The van der Waals surface area contributed by atoms with Crippen molar-refractivity contribution < 1.29 is 4.74 Å². The number of hydrogen-bond donors (Lipinski definition) is 1. The summed E-state index contributed by atoms with van der Waals surface area (Å²) in [6, 6.07) is 4.85. The number of benzene rings is 1. The van der Waals surface area contributed by atoms with Crippen LogP contribution in [0.25, 0.3) is 0 Å². The third-order valence-corrected chi connectivity index (χ3v) is 3.58. The molecule has 0 aromatic heterocycles. The first-order chi connectivity index (χ1) is 7.70. The highest BCUT2D eigenvalue weighted by Gasteiger charge is 2.21. The minimum Gasteiger partial charge on any atom is -0.492 e. The van der Waals surface area contributed by atoms with Gasteiger partial charge in [-0.05, 0) is 47.8 Å². The maximum atomic E-state index is 5.67. The first-order valence-electron chi connectivity index (χ1n) is 5.54. The van der Waals surface area contributed by atoms with Crippen LogP contribution in [0.2, 0.25) is 0 Å². The van der Waals surface area contributed by atoms with E-state index in [0.29, 0.717) is 12.6 Å². The molecule has 0 saturated heterocycles. The molecular formula is C12H16Br2ClNO. The summed E-state index contributed by atoms with van der Waals surface area (Å²) in [5.41, 5.74) is 1.20. The Balaban J connectivity index is 0.00000144. The number of hydrogen-bond acceptors (Lipinski definition) is 2. The Morgan fingerprint density at radius 1 is 1.35 bits per heavy atom. The maximum absolute atomic E-state index is 5.67. The topological polar surface area (TPSA) is 21.3 Å². The fraction of sp³-hybridized carbons (Fsp3) is 0.500. The summed E-state index contributed by atoms with van der Waals surface area (Å²) in [5, 5.41) is 3.50. The summed E-state index contributed by atoms with van der Waals surface area (Å²) in [6.45, 7) is 3.57. The van der Waals surface area contributed by atoms with E-state index in [1.165, 1.54) is 18.4 Å². The third-order valence-electron chi connectivity index (χ3n) is 2.53. The van der Waals surface area contributed by atoms with Crippen LogP contribution in [0.5, 0.6) is 5.75 Å². The van der Waals surface area contributed by atoms with Gasteiger partial charge in [0, 0.05) is 22.6 Å². The minimum absolute atomic E-state index is 0. The Labute approximate surface area is 125 Å². The highest BCUT2D eigenvalue weighted by Crippen LogP contribution is 2.33. The van der Waals surface area contributed by atoms with Gasteiger partial charge in [-0.2, -0.15) is 0 Å². The SMILES string of the molecule is CCOc1c(Br)cc(Br)cc1CNC1CC1.Cl. The third kappa shape index (κ3) is 4.43. The molecule has 1 saturated carbocycles. The summed E-state index contributed by atoms with van der Waals surface area (Å²) in [6.07, 6.45) is 2.61. The minimum atomic E-state index is 0. The summed E-state index contributed by atoms with van der Waals surface area (Å²) < 4.78 is 7.76. The van der Waals surface area contributed by atoms with Gasteiger partial charge < -0.3 is 10.1 Å². The van der Waals surface area contributed by atoms with Crippen molar-refractivity contribution >= 4 is 44.3 Å². The van der Waals surface area contributed by atoms with Crippen molar-refractivity contribution in [1.82, 2.24) is 5.32 Å². The van der Waals surface area contributed by atoms with Crippen LogP contribution in [0.3, 0.4) is 0 Å². The molecule has 2 nitrogen and oxygen atoms in total. The van der Waals surface area contributed by atoms with Crippen molar-refractivity contribution in [2.45, 2.75) is 32.4 Å². The highest BCUT2D eigenvalue weighted by molar-refractivity contribution is 9.11. The molecule has 0 unspecified atom stereocenters. The second kappa shape index (κ2) is 6.98. The van der Waals surface area contributed by atoms with Gasteiger partial charge in [0.15, 0.2) is 0 Å². The Morgan fingerprint density at radius 2 is 2.06 bits per heavy atom. The van der Waals surface area contributed by atoms with Gasteiger partial charge >= 0.3 is 0 Å². The van der Waals surface area contributed by atoms with Gasteiger partial charge in [0.25, 0.3) is 0 Å². The number of nitrogens with one attached hydrogen (secondary N) is 1. The second-order valence-corrected chi connectivity index (χ2v) is 5.73. The molecule has 1 fully saturated rings. The summed E-state index contributed by atoms with van der Waals surface area (Å²) in [5.74, 6) is 0.957. The normalized spacial score (nSPS) is 14.3. The molecule has 0 radical (unpaired) electrons. The number of halogens is 3. The van der Waals surface area contributed by atoms with Crippen molar-refractivity contribution in [3.8, 4) is 5.75 Å². The van der Waals surface area contributed by atoms with Gasteiger partial charge in [0.05, 0.1) is 11.1 Å². The predicted molar refractivity (Wildman–Crippen MR) is 80.1 cm³/mol. The molecule has 2 rings (SSSR count). The first kappa shape index (κ1) is 15.3. The van der Waals surface area contributed by atoms with Crippen molar-refractivity contribution in [3.05, 3.63) is 26.6 Å². The molecule has 0 atom stereocenters. The van der Waals surface area contributed by atoms with E-state index in [4.69, 9.17) is 4.74 Å². The zero-order chi connectivity index (χ0) is 11.5. The van der Waals surface area contributed by atoms with E-state index < -0.39 is 0 Å². The van der Waals surface area contributed by atoms with Crippen LogP contribution in [0, 0.1) is 0 Å². The molecule has 17 heavy (non-hydrogen) atoms. The van der Waals surface area contributed by atoms with Crippen molar-refractivity contribution in [2.24, 2.45) is 0 Å². The average molecular weight is 386 g/mol. The standard InChI is InChI=1S/C12H15Br2NO.ClH/c1-2-16-12-8(7-15-10-3-4-10)5-9(13)6-11(12)14;/h5-6,10,15H,2-4,7H2,1H3;1H. The molecule has 0 amide bonds. The zero-order valence-corrected chi connectivity index (χ0v) is 13.6. The molecule has 1 N–H and O–H groups in total. The fourth-order valence-corrected chi connectivity index (χ4v) is 3.02. The van der Waals surface area contributed by atoms with Gasteiger partial charge in [-0.15, -0.1) is 12.4 Å². The molecule has 1 aliphatic carbocycles. The maximum Gasteiger partial charge on any atom is 0.138 e. The van der Waals surface area contributed by atoms with E-state index in [-0.39, 0.29) is 12.4 Å². The zero-order valence-electron chi connectivity index (χ0n) is 9.63. The fourth-order valence-electron chi connectivity index (χ4n) is 1.59. The summed E-state index contributed by atoms with van der Waals surface area (Å²) in [4.78, 5) is 0. The number of ether oxygens (including phenoxy) is 1. The Kier molecular flexibility index (Phi) is 6.27. The van der Waals surface area contributed by atoms with Crippen molar-refractivity contribution in [2.75, 3.05) is 6.61 Å². The predicted octanol–water partition coefficient (Wildman–Crippen LogP) is 4.28. The summed E-state index contributed by atoms with van der Waals surface area (Å²) >= 11 is 7.05. The first-order valence-corrected chi connectivity index (χ1v) is 7.13. The van der Waals surface area contributed by atoms with Crippen LogP contribution < -0.4 is 10.1 Å². The lowest BCUT2D eigenvalue weighted by atomic mass is 10.2. The molecule has 1 aromatic carbocycles. The quantitative estimate of drug-likeness (QED) is 0.817. The highest BCUT2D eigenvalue weighted by atomic mass is 79.9. The van der Waals surface area contributed by atoms with E-state index in [2.05, 4.69) is 43.2 Å². The van der Waals surface area contributed by atoms with Crippen LogP contribution in [0.1, 0.15) is 25.3 Å². The van der Waals surface area contributed by atoms with Crippen molar-refractivity contribution in [3.63, 3.8) is 0 Å². The van der Waals surface area contributed by atoms with Gasteiger partial charge in [0.1, 0.15) is 5.75 Å². The van der Waals surface area contributed by atoms with Crippen molar-refractivity contribution in [1.29, 1.82) is 0 Å². The van der Waals surface area contributed by atoms with Crippen LogP contribution in [0.15, 0.2) is 21.1 Å². The van der Waals surface area contributed by atoms with Crippen LogP contribution in [0.4, 0.5) is 0 Å². The molecule has 0 spiro atoms. The van der Waals surface area contributed by atoms with Crippen LogP contribution >= 0.6 is 44.3 Å². The van der Waals surface area contributed by atoms with E-state index in [1.54, 1.807) is 0 Å². The van der Waals surface area contributed by atoms with Crippen LogP contribution in [-0.2, 0) is 6.54 Å². The lowest BCUT2D eigenvalue weighted by molar-refractivity contribution is 0.333. The molecule has 1 aromatic rings. The lowest BCUT2D eigenvalue weighted by Crippen LogP contribution is -2.16. The molecule has 0 aliphatic heterocycles. The Morgan fingerprint density at radius 3 is 2.65 bits per heavy atom. The van der Waals surface area contributed by atoms with Gasteiger partial charge in [0.2, 0.25) is 0 Å². The second-order valence-electron chi connectivity index (χ2n) is 3.96. The largest absolute Gasteiger partial charge is 0.492 e. The molecular weight excluding hydrogens is 369 g/mol. The number of rotatable bonds is 5. The van der Waals surface area contributed by atoms with Gasteiger partial charge in [-0.3, -0.25) is 0 Å². The van der Waals surface area contributed by atoms with E-state index in [0.717, 1.165) is 21.2 Å². The van der Waals surface area contributed by atoms with E-state index in [9.17, 15) is 0 Å². The van der Waals surface area contributed by atoms with Crippen LogP contribution in [-0.4, -0.2) is 12.6 Å². The summed E-state index contributed by atoms with van der Waals surface area (Å²) in [7, 11) is 0. The molecule has 96 valence electrons. The molecule has 0 heterocycles. The van der Waals surface area contributed by atoms with Gasteiger partial charge in [-0.1, -0.05) is 15.9 Å². The monoisotopic (exact) mass is 383 g/mol. The van der Waals surface area contributed by atoms with E-state index >= 15 is 0 Å². The van der Waals surface area contributed by atoms with Gasteiger partial charge in [-0.25, -0.2) is 0 Å². The Hall–Kier alpha value is 0.230.